The van der Waals surface area contributed by atoms with Crippen LogP contribution in [0.25, 0.3) is 12.2 Å². The molecule has 1 aromatic heterocycles. The van der Waals surface area contributed by atoms with E-state index in [-0.39, 0.29) is 24.8 Å². The number of hydrogen-bond donors (Lipinski definition) is 2. The summed E-state index contributed by atoms with van der Waals surface area (Å²) in [5.41, 5.74) is 6.32. The number of ether oxygens (including phenoxy) is 2. The normalized spacial score (nSPS) is 24.9. The van der Waals surface area contributed by atoms with Crippen LogP contribution in [0, 0.1) is 0 Å². The number of nitrogens with one attached hydrogen (secondary N) is 2. The van der Waals surface area contributed by atoms with E-state index in [2.05, 4.69) is 43.2 Å². The van der Waals surface area contributed by atoms with Crippen molar-refractivity contribution in [1.29, 1.82) is 0 Å². The molecule has 0 fully saturated rings. The van der Waals surface area contributed by atoms with Gasteiger partial charge in [-0.3, -0.25) is 14.6 Å². The third-order valence-corrected chi connectivity index (χ3v) is 8.13. The SMILES string of the molecule is COC(=O)CCC1=C(C)C2=NC1(CCC(=O)OC)C(C)=C1NC(C)(C=C3C=CC(=N3)C=c3ccc([nH]3)=C2)C=C1C. The van der Waals surface area contributed by atoms with Gasteiger partial charge in [0.2, 0.25) is 0 Å². The van der Waals surface area contributed by atoms with Gasteiger partial charge in [-0.1, -0.05) is 6.08 Å². The van der Waals surface area contributed by atoms with Crippen LogP contribution in [-0.2, 0) is 19.1 Å². The van der Waals surface area contributed by atoms with Gasteiger partial charge in [0.25, 0.3) is 0 Å². The predicted molar refractivity (Wildman–Crippen MR) is 157 cm³/mol. The van der Waals surface area contributed by atoms with Gasteiger partial charge in [0.15, 0.2) is 0 Å². The van der Waals surface area contributed by atoms with Crippen molar-refractivity contribution in [3.63, 3.8) is 0 Å². The molecule has 2 unspecified atom stereocenters. The van der Waals surface area contributed by atoms with E-state index in [1.807, 2.05) is 43.4 Å². The molecule has 40 heavy (non-hydrogen) atoms. The number of aromatic nitrogens is 1. The molecule has 0 aliphatic carbocycles. The fourth-order valence-corrected chi connectivity index (χ4v) is 6.14. The van der Waals surface area contributed by atoms with Gasteiger partial charge in [-0.25, -0.2) is 4.99 Å². The summed E-state index contributed by atoms with van der Waals surface area (Å²) >= 11 is 0. The van der Waals surface area contributed by atoms with Crippen LogP contribution in [0.1, 0.15) is 53.4 Å². The molecule has 4 aliphatic heterocycles. The second kappa shape index (κ2) is 10.4. The Morgan fingerprint density at radius 2 is 1.65 bits per heavy atom. The lowest BCUT2D eigenvalue weighted by Crippen LogP contribution is -2.38. The molecule has 0 aromatic carbocycles. The van der Waals surface area contributed by atoms with Crippen LogP contribution in [0.3, 0.4) is 0 Å². The maximum atomic E-state index is 12.4. The summed E-state index contributed by atoms with van der Waals surface area (Å²) in [5.74, 6) is -0.587. The smallest absolute Gasteiger partial charge is 0.305 e. The van der Waals surface area contributed by atoms with Crippen LogP contribution in [0.4, 0.5) is 0 Å². The summed E-state index contributed by atoms with van der Waals surface area (Å²) in [6, 6.07) is 4.03. The van der Waals surface area contributed by atoms with Crippen molar-refractivity contribution < 1.29 is 19.1 Å². The molecule has 5 heterocycles. The maximum Gasteiger partial charge on any atom is 0.305 e. The van der Waals surface area contributed by atoms with E-state index in [1.54, 1.807) is 0 Å². The fraction of sp³-hybridized carbons (Fsp3) is 0.375. The van der Waals surface area contributed by atoms with Gasteiger partial charge in [0, 0.05) is 29.2 Å². The summed E-state index contributed by atoms with van der Waals surface area (Å²) in [4.78, 5) is 38.4. The molecular weight excluding hydrogens is 504 g/mol. The van der Waals surface area contributed by atoms with E-state index >= 15 is 0 Å². The quantitative estimate of drug-likeness (QED) is 0.538. The van der Waals surface area contributed by atoms with Gasteiger partial charge in [0.05, 0.1) is 36.9 Å². The van der Waals surface area contributed by atoms with Gasteiger partial charge >= 0.3 is 11.9 Å². The monoisotopic (exact) mass is 540 g/mol. The first kappa shape index (κ1) is 27.4. The molecule has 2 N–H and O–H groups in total. The zero-order chi connectivity index (χ0) is 28.7. The van der Waals surface area contributed by atoms with Crippen molar-refractivity contribution in [3.8, 4) is 0 Å². The second-order valence-electron chi connectivity index (χ2n) is 10.9. The van der Waals surface area contributed by atoms with Crippen LogP contribution in [0.5, 0.6) is 0 Å². The highest BCUT2D eigenvalue weighted by molar-refractivity contribution is 6.22. The first-order valence-corrected chi connectivity index (χ1v) is 13.6. The molecule has 8 nitrogen and oxygen atoms in total. The zero-order valence-corrected chi connectivity index (χ0v) is 24.0. The lowest BCUT2D eigenvalue weighted by Gasteiger charge is -2.34. The largest absolute Gasteiger partial charge is 0.469 e. The summed E-state index contributed by atoms with van der Waals surface area (Å²) in [7, 11) is 2.80. The highest BCUT2D eigenvalue weighted by Gasteiger charge is 2.45. The number of nitrogens with zero attached hydrogens (tertiary/aromatic N) is 2. The standard InChI is InChI=1S/C32H36N4O4/c1-19-17-31(4)18-25-10-9-23(34-25)15-22-7-8-24(33-22)16-27-20(2)26(11-12-28(37)39-5)32(35-27,14-13-29(38)40-6)21(3)30(19)36-31/h7-10,15-18,33,36H,11-14H2,1-6H3. The minimum atomic E-state index is -0.842. The summed E-state index contributed by atoms with van der Waals surface area (Å²) in [6.07, 6.45) is 13.7. The van der Waals surface area contributed by atoms with E-state index < -0.39 is 11.1 Å². The van der Waals surface area contributed by atoms with E-state index in [9.17, 15) is 9.59 Å². The van der Waals surface area contributed by atoms with Gasteiger partial charge in [-0.15, -0.1) is 0 Å². The molecule has 208 valence electrons. The molecule has 2 atom stereocenters. The Morgan fingerprint density at radius 3 is 2.38 bits per heavy atom. The number of carbonyl (C=O) groups excluding carboxylic acids is 2. The Bertz CT molecular complexity index is 1630. The Labute approximate surface area is 234 Å². The van der Waals surface area contributed by atoms with Gasteiger partial charge in [0.1, 0.15) is 5.54 Å². The predicted octanol–water partition coefficient (Wildman–Crippen LogP) is 3.48. The molecule has 1 aromatic rings. The van der Waals surface area contributed by atoms with Crippen LogP contribution < -0.4 is 16.0 Å². The Balaban J connectivity index is 1.77. The third kappa shape index (κ3) is 5.06. The molecule has 0 saturated carbocycles. The highest BCUT2D eigenvalue weighted by Crippen LogP contribution is 2.47. The first-order valence-electron chi connectivity index (χ1n) is 13.6. The lowest BCUT2D eigenvalue weighted by atomic mass is 9.76. The lowest BCUT2D eigenvalue weighted by molar-refractivity contribution is -0.141. The average Bonchev–Trinajstić information content (AvgIpc) is 3.68. The van der Waals surface area contributed by atoms with E-state index in [0.29, 0.717) is 12.8 Å². The van der Waals surface area contributed by atoms with Crippen molar-refractivity contribution >= 4 is 35.5 Å². The number of rotatable bonds is 6. The molecule has 0 spiro atoms. The van der Waals surface area contributed by atoms with Crippen LogP contribution in [-0.4, -0.2) is 53.6 Å². The minimum absolute atomic E-state index is 0.181. The van der Waals surface area contributed by atoms with Crippen LogP contribution in [0.2, 0.25) is 0 Å². The number of aliphatic imine (C=N–C) groups is 2. The number of H-pyrrole nitrogens is 1. The summed E-state index contributed by atoms with van der Waals surface area (Å²) in [6.45, 7) is 8.32. The van der Waals surface area contributed by atoms with E-state index in [0.717, 1.165) is 55.8 Å². The zero-order valence-electron chi connectivity index (χ0n) is 24.0. The van der Waals surface area contributed by atoms with Gasteiger partial charge < -0.3 is 19.8 Å². The number of hydrogen-bond acceptors (Lipinski definition) is 7. The Hall–Kier alpha value is -4.20. The summed E-state index contributed by atoms with van der Waals surface area (Å²) < 4.78 is 10.0. The van der Waals surface area contributed by atoms with E-state index in [4.69, 9.17) is 19.5 Å². The molecule has 8 bridgehead atoms. The van der Waals surface area contributed by atoms with Crippen LogP contribution in [0.15, 0.2) is 80.1 Å². The third-order valence-electron chi connectivity index (χ3n) is 8.13. The molecule has 0 saturated heterocycles. The number of aromatic amines is 1. The highest BCUT2D eigenvalue weighted by atomic mass is 16.5. The molecule has 5 rings (SSSR count). The Morgan fingerprint density at radius 1 is 0.950 bits per heavy atom. The van der Waals surface area contributed by atoms with Crippen LogP contribution >= 0.6 is 0 Å². The molecule has 8 heteroatoms. The summed E-state index contributed by atoms with van der Waals surface area (Å²) in [5, 5.41) is 5.57. The number of allylic oxidation sites excluding steroid dienone is 4. The van der Waals surface area contributed by atoms with Crippen molar-refractivity contribution in [2.24, 2.45) is 9.98 Å². The number of methoxy groups -OCH3 is 2. The molecule has 4 aliphatic rings. The van der Waals surface area contributed by atoms with E-state index in [1.165, 1.54) is 14.2 Å². The van der Waals surface area contributed by atoms with Crippen molar-refractivity contribution in [2.75, 3.05) is 14.2 Å². The van der Waals surface area contributed by atoms with Gasteiger partial charge in [-0.05, 0) is 105 Å². The second-order valence-corrected chi connectivity index (χ2v) is 10.9. The van der Waals surface area contributed by atoms with Crippen molar-refractivity contribution in [2.45, 2.75) is 64.5 Å². The average molecular weight is 541 g/mol. The number of esters is 2. The molecule has 0 radical (unpaired) electrons. The molecule has 0 amide bonds. The molecular formula is C32H36N4O4. The number of fused-ring (bicyclic) bond motifs is 6. The number of carbonyl (C=O) groups is 2. The fourth-order valence-electron chi connectivity index (χ4n) is 6.14. The van der Waals surface area contributed by atoms with Crippen molar-refractivity contribution in [1.82, 2.24) is 10.3 Å². The van der Waals surface area contributed by atoms with Gasteiger partial charge in [-0.2, -0.15) is 0 Å². The Kier molecular flexibility index (Phi) is 7.12. The first-order chi connectivity index (χ1) is 19.1. The minimum Gasteiger partial charge on any atom is -0.469 e. The maximum absolute atomic E-state index is 12.4. The van der Waals surface area contributed by atoms with Crippen molar-refractivity contribution in [3.05, 3.63) is 80.8 Å². The topological polar surface area (TPSA) is 105 Å².